The summed E-state index contributed by atoms with van der Waals surface area (Å²) in [6.07, 6.45) is 1.92. The van der Waals surface area contributed by atoms with Crippen molar-refractivity contribution in [2.24, 2.45) is 11.3 Å². The topological polar surface area (TPSA) is 64.2 Å². The highest BCUT2D eigenvalue weighted by molar-refractivity contribution is 6.07. The van der Waals surface area contributed by atoms with Crippen molar-refractivity contribution in [2.75, 3.05) is 45.8 Å². The zero-order chi connectivity index (χ0) is 25.4. The second-order valence-electron chi connectivity index (χ2n) is 11.7. The minimum absolute atomic E-state index is 0.0199. The fourth-order valence-electron chi connectivity index (χ4n) is 6.32. The summed E-state index contributed by atoms with van der Waals surface area (Å²) in [5.41, 5.74) is 0.590. The first-order valence-corrected chi connectivity index (χ1v) is 13.3. The summed E-state index contributed by atoms with van der Waals surface area (Å²) in [6, 6.07) is 10.4. The standard InChI is InChI=1S/C28H42N4O3/c1-6-31-25(34)28(32(7-2)26(31)35)13-15-29(16-14-28)18-22-19-30(24(33)17-27(3,4)5)20-23(22)21-11-9-8-10-12-21/h8-12,22-23H,6-7,13-20H2,1-5H3/t22-,23+/m0/s1. The molecular formula is C28H42N4O3. The van der Waals surface area contributed by atoms with Crippen LogP contribution in [0.4, 0.5) is 4.79 Å². The van der Waals surface area contributed by atoms with Crippen LogP contribution in [0.25, 0.3) is 0 Å². The normalized spacial score (nSPS) is 25.2. The Kier molecular flexibility index (Phi) is 7.28. The molecule has 0 bridgehead atoms. The first kappa shape index (κ1) is 25.7. The molecule has 0 aromatic heterocycles. The van der Waals surface area contributed by atoms with Crippen LogP contribution in [0, 0.1) is 11.3 Å². The van der Waals surface area contributed by atoms with E-state index in [4.69, 9.17) is 0 Å². The van der Waals surface area contributed by atoms with Crippen LogP contribution in [0.15, 0.2) is 30.3 Å². The lowest BCUT2D eigenvalue weighted by atomic mass is 9.84. The van der Waals surface area contributed by atoms with Gasteiger partial charge in [-0.25, -0.2) is 4.79 Å². The van der Waals surface area contributed by atoms with Crippen LogP contribution in [-0.2, 0) is 9.59 Å². The molecule has 7 nitrogen and oxygen atoms in total. The summed E-state index contributed by atoms with van der Waals surface area (Å²) in [5.74, 6) is 0.888. The lowest BCUT2D eigenvalue weighted by Gasteiger charge is -2.42. The van der Waals surface area contributed by atoms with E-state index < -0.39 is 5.54 Å². The van der Waals surface area contributed by atoms with Crippen molar-refractivity contribution in [3.63, 3.8) is 0 Å². The number of benzene rings is 1. The number of likely N-dealkylation sites (tertiary alicyclic amines) is 2. The fourth-order valence-corrected chi connectivity index (χ4v) is 6.32. The van der Waals surface area contributed by atoms with Gasteiger partial charge in [0.15, 0.2) is 0 Å². The highest BCUT2D eigenvalue weighted by atomic mass is 16.2. The lowest BCUT2D eigenvalue weighted by Crippen LogP contribution is -2.57. The number of hydrogen-bond donors (Lipinski definition) is 0. The van der Waals surface area contributed by atoms with Crippen molar-refractivity contribution in [3.8, 4) is 0 Å². The Bertz CT molecular complexity index is 933. The first-order valence-electron chi connectivity index (χ1n) is 13.3. The number of rotatable bonds is 6. The number of hydrogen-bond acceptors (Lipinski definition) is 4. The van der Waals surface area contributed by atoms with E-state index in [2.05, 4.69) is 54.8 Å². The third kappa shape index (κ3) is 4.97. The van der Waals surface area contributed by atoms with Crippen LogP contribution < -0.4 is 0 Å². The van der Waals surface area contributed by atoms with Gasteiger partial charge in [0.05, 0.1) is 0 Å². The zero-order valence-corrected chi connectivity index (χ0v) is 22.1. The van der Waals surface area contributed by atoms with Gasteiger partial charge in [0.25, 0.3) is 5.91 Å². The van der Waals surface area contributed by atoms with Gasteiger partial charge in [0, 0.05) is 58.2 Å². The van der Waals surface area contributed by atoms with E-state index in [1.54, 1.807) is 4.90 Å². The van der Waals surface area contributed by atoms with Crippen molar-refractivity contribution in [1.82, 2.24) is 19.6 Å². The molecule has 3 heterocycles. The number of nitrogens with zero attached hydrogens (tertiary/aromatic N) is 4. The highest BCUT2D eigenvalue weighted by Crippen LogP contribution is 2.39. The average molecular weight is 483 g/mol. The predicted molar refractivity (Wildman–Crippen MR) is 137 cm³/mol. The van der Waals surface area contributed by atoms with Gasteiger partial charge >= 0.3 is 6.03 Å². The van der Waals surface area contributed by atoms with Crippen LogP contribution in [0.1, 0.15) is 65.4 Å². The molecular weight excluding hydrogens is 440 g/mol. The minimum Gasteiger partial charge on any atom is -0.342 e. The molecule has 2 atom stereocenters. The largest absolute Gasteiger partial charge is 0.342 e. The minimum atomic E-state index is -0.679. The van der Waals surface area contributed by atoms with E-state index >= 15 is 0 Å². The number of amides is 4. The number of imide groups is 1. The third-order valence-electron chi connectivity index (χ3n) is 8.13. The molecule has 4 amide bonds. The fraction of sp³-hybridized carbons (Fsp3) is 0.679. The molecule has 0 N–H and O–H groups in total. The number of piperidine rings is 1. The van der Waals surface area contributed by atoms with Gasteiger partial charge in [-0.15, -0.1) is 0 Å². The Morgan fingerprint density at radius 1 is 1.00 bits per heavy atom. The molecule has 1 spiro atoms. The van der Waals surface area contributed by atoms with Crippen LogP contribution in [-0.4, -0.2) is 88.8 Å². The van der Waals surface area contributed by atoms with Crippen LogP contribution in [0.5, 0.6) is 0 Å². The Morgan fingerprint density at radius 2 is 1.66 bits per heavy atom. The maximum absolute atomic E-state index is 13.2. The van der Waals surface area contributed by atoms with E-state index in [0.29, 0.717) is 44.2 Å². The molecule has 3 aliphatic heterocycles. The summed E-state index contributed by atoms with van der Waals surface area (Å²) in [5, 5.41) is 0. The van der Waals surface area contributed by atoms with Gasteiger partial charge in [-0.1, -0.05) is 51.1 Å². The molecule has 0 unspecified atom stereocenters. The van der Waals surface area contributed by atoms with Gasteiger partial charge in [-0.05, 0) is 43.6 Å². The van der Waals surface area contributed by atoms with Crippen LogP contribution in [0.2, 0.25) is 0 Å². The van der Waals surface area contributed by atoms with Crippen molar-refractivity contribution in [3.05, 3.63) is 35.9 Å². The molecule has 35 heavy (non-hydrogen) atoms. The van der Waals surface area contributed by atoms with Gasteiger partial charge in [0.2, 0.25) is 5.91 Å². The third-order valence-corrected chi connectivity index (χ3v) is 8.13. The molecule has 192 valence electrons. The molecule has 0 saturated carbocycles. The first-order chi connectivity index (χ1) is 16.6. The molecule has 0 aliphatic carbocycles. The highest BCUT2D eigenvalue weighted by Gasteiger charge is 2.57. The number of urea groups is 1. The molecule has 1 aromatic rings. The molecule has 1 aromatic carbocycles. The van der Waals surface area contributed by atoms with E-state index in [0.717, 1.165) is 32.7 Å². The number of carbonyl (C=O) groups is 3. The van der Waals surface area contributed by atoms with E-state index in [1.165, 1.54) is 10.5 Å². The van der Waals surface area contributed by atoms with E-state index in [1.807, 2.05) is 19.9 Å². The SMILES string of the molecule is CCN1C(=O)N(CC)C2(CCN(C[C@H]3CN(C(=O)CC(C)(C)C)C[C@@H]3c3ccccc3)CC2)C1=O. The van der Waals surface area contributed by atoms with E-state index in [-0.39, 0.29) is 23.3 Å². The van der Waals surface area contributed by atoms with Crippen molar-refractivity contribution in [1.29, 1.82) is 0 Å². The Balaban J connectivity index is 1.46. The van der Waals surface area contributed by atoms with Gasteiger partial charge in [0.1, 0.15) is 5.54 Å². The molecule has 7 heteroatoms. The molecule has 4 rings (SSSR count). The van der Waals surface area contributed by atoms with Gasteiger partial charge < -0.3 is 14.7 Å². The summed E-state index contributed by atoms with van der Waals surface area (Å²) in [7, 11) is 0. The quantitative estimate of drug-likeness (QED) is 0.579. The average Bonchev–Trinajstić information content (AvgIpc) is 3.32. The maximum Gasteiger partial charge on any atom is 0.327 e. The van der Waals surface area contributed by atoms with Crippen LogP contribution in [0.3, 0.4) is 0 Å². The number of carbonyl (C=O) groups excluding carboxylic acids is 3. The lowest BCUT2D eigenvalue weighted by molar-refractivity contribution is -0.135. The van der Waals surface area contributed by atoms with E-state index in [9.17, 15) is 14.4 Å². The second-order valence-corrected chi connectivity index (χ2v) is 11.7. The zero-order valence-electron chi connectivity index (χ0n) is 22.1. The molecule has 3 saturated heterocycles. The molecule has 0 radical (unpaired) electrons. The summed E-state index contributed by atoms with van der Waals surface area (Å²) in [6.45, 7) is 15.2. The summed E-state index contributed by atoms with van der Waals surface area (Å²) >= 11 is 0. The van der Waals surface area contributed by atoms with Gasteiger partial charge in [-0.3, -0.25) is 14.5 Å². The smallest absolute Gasteiger partial charge is 0.327 e. The predicted octanol–water partition coefficient (Wildman–Crippen LogP) is 3.80. The second kappa shape index (κ2) is 9.92. The summed E-state index contributed by atoms with van der Waals surface area (Å²) < 4.78 is 0. The Morgan fingerprint density at radius 3 is 2.23 bits per heavy atom. The van der Waals surface area contributed by atoms with Crippen molar-refractivity contribution in [2.45, 2.75) is 65.3 Å². The monoisotopic (exact) mass is 482 g/mol. The van der Waals surface area contributed by atoms with Gasteiger partial charge in [-0.2, -0.15) is 0 Å². The number of likely N-dealkylation sites (N-methyl/N-ethyl adjacent to an activating group) is 2. The molecule has 3 aliphatic rings. The Labute approximate surface area is 210 Å². The van der Waals surface area contributed by atoms with Crippen LogP contribution >= 0.6 is 0 Å². The van der Waals surface area contributed by atoms with Crippen molar-refractivity contribution >= 4 is 17.8 Å². The van der Waals surface area contributed by atoms with Crippen molar-refractivity contribution < 1.29 is 14.4 Å². The molecule has 3 fully saturated rings. The summed E-state index contributed by atoms with van der Waals surface area (Å²) in [4.78, 5) is 46.8. The Hall–Kier alpha value is -2.41. The maximum atomic E-state index is 13.2.